The molecule has 3 nitrogen and oxygen atoms in total. The van der Waals surface area contributed by atoms with Crippen LogP contribution in [0.1, 0.15) is 0 Å². The van der Waals surface area contributed by atoms with Gasteiger partial charge >= 0.3 is 6.18 Å². The standard InChI is InChI=1S/C4H2F3NO2/c5-4(6,7)2-3(9)8-1-10-2/h1-2H. The van der Waals surface area contributed by atoms with Crippen molar-refractivity contribution < 1.29 is 22.7 Å². The summed E-state index contributed by atoms with van der Waals surface area (Å²) in [4.78, 5) is 13.0. The van der Waals surface area contributed by atoms with E-state index in [0.29, 0.717) is 6.40 Å². The molecule has 0 saturated heterocycles. The largest absolute Gasteiger partial charge is 0.460 e. The zero-order chi connectivity index (χ0) is 7.78. The molecule has 0 aromatic carbocycles. The van der Waals surface area contributed by atoms with Crippen molar-refractivity contribution in [1.82, 2.24) is 0 Å². The summed E-state index contributed by atoms with van der Waals surface area (Å²) in [5.41, 5.74) is 0. The number of rotatable bonds is 0. The van der Waals surface area contributed by atoms with Gasteiger partial charge in [0.05, 0.1) is 0 Å². The van der Waals surface area contributed by atoms with E-state index in [1.165, 1.54) is 0 Å². The number of hydrogen-bond donors (Lipinski definition) is 0. The Hall–Kier alpha value is -1.07. The zero-order valence-electron chi connectivity index (χ0n) is 4.55. The van der Waals surface area contributed by atoms with Gasteiger partial charge in [-0.2, -0.15) is 18.2 Å². The Morgan fingerprint density at radius 3 is 2.40 bits per heavy atom. The van der Waals surface area contributed by atoms with Gasteiger partial charge in [0.2, 0.25) is 0 Å². The molecule has 0 N–H and O–H groups in total. The van der Waals surface area contributed by atoms with Crippen LogP contribution < -0.4 is 0 Å². The van der Waals surface area contributed by atoms with Gasteiger partial charge < -0.3 is 4.74 Å². The predicted molar refractivity (Wildman–Crippen MR) is 24.4 cm³/mol. The van der Waals surface area contributed by atoms with Gasteiger partial charge in [-0.15, -0.1) is 0 Å². The first-order valence-electron chi connectivity index (χ1n) is 2.30. The van der Waals surface area contributed by atoms with Gasteiger partial charge in [-0.1, -0.05) is 0 Å². The quantitative estimate of drug-likeness (QED) is 0.508. The molecule has 0 saturated carbocycles. The fraction of sp³-hybridized carbons (Fsp3) is 0.500. The Bertz CT molecular complexity index is 185. The lowest BCUT2D eigenvalue weighted by molar-refractivity contribution is -0.194. The molecular weight excluding hydrogens is 151 g/mol. The highest BCUT2D eigenvalue weighted by atomic mass is 19.4. The van der Waals surface area contributed by atoms with Gasteiger partial charge in [0.1, 0.15) is 0 Å². The van der Waals surface area contributed by atoms with Gasteiger partial charge in [0.25, 0.3) is 12.0 Å². The summed E-state index contributed by atoms with van der Waals surface area (Å²) in [5, 5.41) is 0. The summed E-state index contributed by atoms with van der Waals surface area (Å²) in [7, 11) is 0. The minimum Gasteiger partial charge on any atom is -0.460 e. The molecule has 1 aliphatic heterocycles. The lowest BCUT2D eigenvalue weighted by Crippen LogP contribution is -2.34. The summed E-state index contributed by atoms with van der Waals surface area (Å²) in [6.07, 6.45) is -6.53. The zero-order valence-corrected chi connectivity index (χ0v) is 4.55. The predicted octanol–water partition coefficient (Wildman–Crippen LogP) is 0.502. The van der Waals surface area contributed by atoms with Crippen molar-refractivity contribution in [2.75, 3.05) is 0 Å². The van der Waals surface area contributed by atoms with Crippen LogP contribution in [0, 0.1) is 0 Å². The summed E-state index contributed by atoms with van der Waals surface area (Å²) in [6.45, 7) is 0. The normalized spacial score (nSPS) is 25.1. The maximum absolute atomic E-state index is 11.6. The van der Waals surface area contributed by atoms with Crippen molar-refractivity contribution in [3.8, 4) is 0 Å². The van der Waals surface area contributed by atoms with E-state index in [9.17, 15) is 18.0 Å². The Kier molecular flexibility index (Phi) is 1.38. The number of alkyl halides is 3. The van der Waals surface area contributed by atoms with E-state index in [1.807, 2.05) is 0 Å². The molecule has 1 amide bonds. The average molecular weight is 153 g/mol. The Morgan fingerprint density at radius 2 is 2.20 bits per heavy atom. The third-order valence-corrected chi connectivity index (χ3v) is 0.898. The topological polar surface area (TPSA) is 38.7 Å². The summed E-state index contributed by atoms with van der Waals surface area (Å²) in [5.74, 6) is -1.30. The van der Waals surface area contributed by atoms with Crippen LogP contribution in [0.15, 0.2) is 4.99 Å². The second kappa shape index (κ2) is 1.96. The number of halogens is 3. The van der Waals surface area contributed by atoms with Gasteiger partial charge in [0.15, 0.2) is 6.40 Å². The Morgan fingerprint density at radius 1 is 1.60 bits per heavy atom. The molecule has 0 aromatic rings. The van der Waals surface area contributed by atoms with Crippen LogP contribution in [0.2, 0.25) is 0 Å². The van der Waals surface area contributed by atoms with E-state index in [2.05, 4.69) is 9.73 Å². The number of amides is 1. The smallest absolute Gasteiger partial charge is 0.434 e. The van der Waals surface area contributed by atoms with Gasteiger partial charge in [-0.05, 0) is 0 Å². The first kappa shape index (κ1) is 7.04. The Labute approximate surface area is 53.5 Å². The van der Waals surface area contributed by atoms with Gasteiger partial charge in [0, 0.05) is 0 Å². The van der Waals surface area contributed by atoms with E-state index in [-0.39, 0.29) is 0 Å². The second-order valence-electron chi connectivity index (χ2n) is 1.63. The molecule has 0 radical (unpaired) electrons. The third-order valence-electron chi connectivity index (χ3n) is 0.898. The molecule has 1 aliphatic rings. The van der Waals surface area contributed by atoms with Crippen LogP contribution in [0.3, 0.4) is 0 Å². The first-order chi connectivity index (χ1) is 4.52. The van der Waals surface area contributed by atoms with Crippen LogP contribution in [0.5, 0.6) is 0 Å². The number of ether oxygens (including phenoxy) is 1. The van der Waals surface area contributed by atoms with Crippen LogP contribution in [0.25, 0.3) is 0 Å². The van der Waals surface area contributed by atoms with E-state index in [0.717, 1.165) is 0 Å². The minimum absolute atomic E-state index is 0.500. The summed E-state index contributed by atoms with van der Waals surface area (Å²) >= 11 is 0. The molecular formula is C4H2F3NO2. The lowest BCUT2D eigenvalue weighted by atomic mass is 10.3. The molecule has 56 valence electrons. The van der Waals surface area contributed by atoms with E-state index < -0.39 is 18.2 Å². The SMILES string of the molecule is O=C1N=COC1C(F)(F)F. The van der Waals surface area contributed by atoms with Crippen molar-refractivity contribution in [2.24, 2.45) is 4.99 Å². The average Bonchev–Trinajstić information content (AvgIpc) is 2.11. The van der Waals surface area contributed by atoms with Crippen LogP contribution in [-0.4, -0.2) is 24.6 Å². The lowest BCUT2D eigenvalue weighted by Gasteiger charge is -2.09. The van der Waals surface area contributed by atoms with Crippen molar-refractivity contribution >= 4 is 12.3 Å². The molecule has 10 heavy (non-hydrogen) atoms. The van der Waals surface area contributed by atoms with E-state index in [1.54, 1.807) is 0 Å². The first-order valence-corrected chi connectivity index (χ1v) is 2.30. The molecule has 0 aliphatic carbocycles. The molecule has 1 atom stereocenters. The monoisotopic (exact) mass is 153 g/mol. The Balaban J connectivity index is 2.69. The molecule has 0 fully saturated rings. The molecule has 0 spiro atoms. The number of carbonyl (C=O) groups excluding carboxylic acids is 1. The van der Waals surface area contributed by atoms with Crippen LogP contribution in [-0.2, 0) is 9.53 Å². The van der Waals surface area contributed by atoms with Gasteiger partial charge in [-0.25, -0.2) is 0 Å². The highest BCUT2D eigenvalue weighted by Gasteiger charge is 2.48. The van der Waals surface area contributed by atoms with E-state index >= 15 is 0 Å². The molecule has 0 bridgehead atoms. The highest BCUT2D eigenvalue weighted by Crippen LogP contribution is 2.25. The van der Waals surface area contributed by atoms with Crippen molar-refractivity contribution in [3.05, 3.63) is 0 Å². The fourth-order valence-corrected chi connectivity index (χ4v) is 0.486. The molecule has 6 heteroatoms. The molecule has 1 rings (SSSR count). The molecule has 1 heterocycles. The fourth-order valence-electron chi connectivity index (χ4n) is 0.486. The van der Waals surface area contributed by atoms with Crippen LogP contribution >= 0.6 is 0 Å². The maximum Gasteiger partial charge on any atom is 0.434 e. The maximum atomic E-state index is 11.6. The van der Waals surface area contributed by atoms with Crippen LogP contribution in [0.4, 0.5) is 13.2 Å². The third kappa shape index (κ3) is 1.09. The molecule has 0 aromatic heterocycles. The second-order valence-corrected chi connectivity index (χ2v) is 1.63. The summed E-state index contributed by atoms with van der Waals surface area (Å²) in [6, 6.07) is 0. The minimum atomic E-state index is -4.65. The van der Waals surface area contributed by atoms with Crippen molar-refractivity contribution in [1.29, 1.82) is 0 Å². The highest BCUT2D eigenvalue weighted by molar-refractivity contribution is 5.92. The van der Waals surface area contributed by atoms with Crippen molar-refractivity contribution in [3.63, 3.8) is 0 Å². The van der Waals surface area contributed by atoms with E-state index in [4.69, 9.17) is 0 Å². The van der Waals surface area contributed by atoms with Gasteiger partial charge in [-0.3, -0.25) is 4.79 Å². The number of nitrogens with zero attached hydrogens (tertiary/aromatic N) is 1. The number of aliphatic imine (C=N–C) groups is 1. The summed E-state index contributed by atoms with van der Waals surface area (Å²) < 4.78 is 38.6. The number of carbonyl (C=O) groups is 1. The van der Waals surface area contributed by atoms with Crippen molar-refractivity contribution in [2.45, 2.75) is 12.3 Å². The number of hydrogen-bond acceptors (Lipinski definition) is 2. The molecule has 1 unspecified atom stereocenters.